The molecular weight excluding hydrogens is 284 g/mol. The highest BCUT2D eigenvalue weighted by molar-refractivity contribution is 6.82. The molecule has 0 spiro atoms. The standard InChI is InChI=1S/C15H24O2Si.CH4.2H2O/c1-6-18(4,5)12-17-14-9-7-13(8-10-14)11-15(2,3)16;;;/h6-10,16H,1,11-12H2,2-5H3;1H4;2*1H2. The van der Waals surface area contributed by atoms with Crippen LogP contribution in [0.4, 0.5) is 0 Å². The van der Waals surface area contributed by atoms with Gasteiger partial charge in [-0.05, 0) is 31.5 Å². The first-order valence-corrected chi connectivity index (χ1v) is 9.58. The average molecular weight is 317 g/mol. The van der Waals surface area contributed by atoms with E-state index in [0.717, 1.165) is 17.5 Å². The van der Waals surface area contributed by atoms with Crippen molar-refractivity contribution >= 4 is 8.07 Å². The molecule has 0 bridgehead atoms. The van der Waals surface area contributed by atoms with E-state index in [0.29, 0.717) is 6.42 Å². The van der Waals surface area contributed by atoms with Gasteiger partial charge in [0.2, 0.25) is 0 Å². The first-order chi connectivity index (χ1) is 8.22. The number of ether oxygens (including phenoxy) is 1. The Morgan fingerprint density at radius 2 is 1.67 bits per heavy atom. The van der Waals surface area contributed by atoms with Gasteiger partial charge < -0.3 is 20.8 Å². The molecule has 0 aliphatic carbocycles. The molecule has 0 fully saturated rings. The van der Waals surface area contributed by atoms with Crippen LogP contribution in [-0.2, 0) is 6.42 Å². The Bertz CT molecular complexity index is 394. The molecule has 0 saturated carbocycles. The topological polar surface area (TPSA) is 92.5 Å². The van der Waals surface area contributed by atoms with Gasteiger partial charge in [0.15, 0.2) is 0 Å². The molecule has 1 rings (SSSR count). The van der Waals surface area contributed by atoms with Gasteiger partial charge in [0.1, 0.15) is 13.8 Å². The van der Waals surface area contributed by atoms with Crippen molar-refractivity contribution in [3.63, 3.8) is 0 Å². The molecular formula is C16H32O4Si. The highest BCUT2D eigenvalue weighted by Crippen LogP contribution is 2.17. The first-order valence-electron chi connectivity index (χ1n) is 6.30. The fourth-order valence-electron chi connectivity index (χ4n) is 1.53. The van der Waals surface area contributed by atoms with Gasteiger partial charge in [0.05, 0.1) is 11.8 Å². The quantitative estimate of drug-likeness (QED) is 0.816. The molecule has 0 saturated heterocycles. The smallest absolute Gasteiger partial charge is 0.118 e. The summed E-state index contributed by atoms with van der Waals surface area (Å²) in [5, 5.41) is 9.75. The molecule has 5 N–H and O–H groups in total. The molecule has 0 aliphatic heterocycles. The van der Waals surface area contributed by atoms with Gasteiger partial charge in [0, 0.05) is 6.42 Å². The van der Waals surface area contributed by atoms with E-state index in [9.17, 15) is 5.11 Å². The molecule has 0 unspecified atom stereocenters. The van der Waals surface area contributed by atoms with Gasteiger partial charge in [-0.15, -0.1) is 6.58 Å². The second kappa shape index (κ2) is 9.73. The van der Waals surface area contributed by atoms with E-state index >= 15 is 0 Å². The molecule has 0 heterocycles. The molecule has 0 radical (unpaired) electrons. The number of hydrogen-bond acceptors (Lipinski definition) is 2. The minimum absolute atomic E-state index is 0. The maximum atomic E-state index is 9.75. The predicted octanol–water partition coefficient (Wildman–Crippen LogP) is 2.34. The highest BCUT2D eigenvalue weighted by Gasteiger charge is 2.17. The van der Waals surface area contributed by atoms with Gasteiger partial charge in [-0.1, -0.05) is 38.4 Å². The average Bonchev–Trinajstić information content (AvgIpc) is 2.26. The molecule has 0 aliphatic rings. The molecule has 0 amide bonds. The number of benzene rings is 1. The zero-order chi connectivity index (χ0) is 13.8. The van der Waals surface area contributed by atoms with Gasteiger partial charge >= 0.3 is 0 Å². The Hall–Kier alpha value is -1.14. The fourth-order valence-corrected chi connectivity index (χ4v) is 2.19. The number of rotatable bonds is 6. The van der Waals surface area contributed by atoms with Crippen LogP contribution in [0.15, 0.2) is 36.5 Å². The van der Waals surface area contributed by atoms with Crippen molar-refractivity contribution in [3.8, 4) is 5.75 Å². The van der Waals surface area contributed by atoms with Gasteiger partial charge in [-0.25, -0.2) is 0 Å². The van der Waals surface area contributed by atoms with Gasteiger partial charge in [-0.2, -0.15) is 0 Å². The lowest BCUT2D eigenvalue weighted by atomic mass is 9.99. The minimum atomic E-state index is -1.41. The van der Waals surface area contributed by atoms with Crippen molar-refractivity contribution in [1.29, 1.82) is 0 Å². The van der Waals surface area contributed by atoms with Gasteiger partial charge in [0.25, 0.3) is 0 Å². The van der Waals surface area contributed by atoms with E-state index in [-0.39, 0.29) is 18.4 Å². The third-order valence-electron chi connectivity index (χ3n) is 2.72. The maximum absolute atomic E-state index is 9.75. The van der Waals surface area contributed by atoms with Crippen LogP contribution in [0.25, 0.3) is 0 Å². The Kier molecular flexibility index (Phi) is 11.5. The molecule has 0 atom stereocenters. The number of aliphatic hydroxyl groups is 1. The molecule has 124 valence electrons. The Balaban J connectivity index is -0.00000108. The summed E-state index contributed by atoms with van der Waals surface area (Å²) in [7, 11) is -1.41. The second-order valence-electron chi connectivity index (χ2n) is 6.11. The van der Waals surface area contributed by atoms with E-state index in [1.807, 2.05) is 43.8 Å². The van der Waals surface area contributed by atoms with Crippen LogP contribution in [0, 0.1) is 0 Å². The Morgan fingerprint density at radius 3 is 2.05 bits per heavy atom. The van der Waals surface area contributed by atoms with Crippen LogP contribution in [0.3, 0.4) is 0 Å². The fraction of sp³-hybridized carbons (Fsp3) is 0.500. The predicted molar refractivity (Wildman–Crippen MR) is 93.6 cm³/mol. The lowest BCUT2D eigenvalue weighted by molar-refractivity contribution is 0.0810. The summed E-state index contributed by atoms with van der Waals surface area (Å²) in [5.74, 6) is 0.886. The maximum Gasteiger partial charge on any atom is 0.118 e. The normalized spacial score (nSPS) is 10.5. The van der Waals surface area contributed by atoms with Crippen molar-refractivity contribution in [2.75, 3.05) is 6.23 Å². The minimum Gasteiger partial charge on any atom is -0.497 e. The van der Waals surface area contributed by atoms with Crippen molar-refractivity contribution in [2.45, 2.75) is 46.4 Å². The summed E-state index contributed by atoms with van der Waals surface area (Å²) >= 11 is 0. The Labute approximate surface area is 130 Å². The van der Waals surface area contributed by atoms with E-state index < -0.39 is 13.7 Å². The van der Waals surface area contributed by atoms with Crippen LogP contribution in [0.2, 0.25) is 13.1 Å². The SMILES string of the molecule is C.C=C[Si](C)(C)COc1ccc(CC(C)(C)O)cc1.O.O. The van der Waals surface area contributed by atoms with E-state index in [1.54, 1.807) is 0 Å². The molecule has 21 heavy (non-hydrogen) atoms. The summed E-state index contributed by atoms with van der Waals surface area (Å²) in [6.45, 7) is 11.9. The van der Waals surface area contributed by atoms with E-state index in [1.165, 1.54) is 0 Å². The van der Waals surface area contributed by atoms with Crippen molar-refractivity contribution in [2.24, 2.45) is 0 Å². The Morgan fingerprint density at radius 1 is 1.19 bits per heavy atom. The first kappa shape index (κ1) is 24.8. The molecule has 1 aromatic rings. The third kappa shape index (κ3) is 10.3. The van der Waals surface area contributed by atoms with Crippen LogP contribution in [0.1, 0.15) is 26.8 Å². The highest BCUT2D eigenvalue weighted by atomic mass is 28.3. The van der Waals surface area contributed by atoms with E-state index in [4.69, 9.17) is 4.74 Å². The molecule has 4 nitrogen and oxygen atoms in total. The lowest BCUT2D eigenvalue weighted by Gasteiger charge is -2.19. The zero-order valence-electron chi connectivity index (χ0n) is 12.9. The molecule has 1 aromatic carbocycles. The van der Waals surface area contributed by atoms with Crippen LogP contribution >= 0.6 is 0 Å². The van der Waals surface area contributed by atoms with Crippen LogP contribution in [-0.4, -0.2) is 36.0 Å². The number of hydrogen-bond donors (Lipinski definition) is 1. The summed E-state index contributed by atoms with van der Waals surface area (Å²) in [5.41, 5.74) is 2.49. The van der Waals surface area contributed by atoms with Crippen LogP contribution in [0.5, 0.6) is 5.75 Å². The summed E-state index contributed by atoms with van der Waals surface area (Å²) in [6.07, 6.45) is 1.40. The van der Waals surface area contributed by atoms with E-state index in [2.05, 4.69) is 19.7 Å². The van der Waals surface area contributed by atoms with Crippen molar-refractivity contribution < 1.29 is 20.8 Å². The molecule has 0 aromatic heterocycles. The summed E-state index contributed by atoms with van der Waals surface area (Å²) < 4.78 is 5.77. The zero-order valence-corrected chi connectivity index (χ0v) is 13.9. The van der Waals surface area contributed by atoms with Crippen molar-refractivity contribution in [1.82, 2.24) is 0 Å². The summed E-state index contributed by atoms with van der Waals surface area (Å²) in [4.78, 5) is 0. The van der Waals surface area contributed by atoms with Crippen LogP contribution < -0.4 is 4.74 Å². The monoisotopic (exact) mass is 316 g/mol. The molecule has 5 heteroatoms. The summed E-state index contributed by atoms with van der Waals surface area (Å²) in [6, 6.07) is 7.95. The third-order valence-corrected chi connectivity index (χ3v) is 4.72. The second-order valence-corrected chi connectivity index (χ2v) is 10.8. The largest absolute Gasteiger partial charge is 0.497 e. The van der Waals surface area contributed by atoms with Gasteiger partial charge in [-0.3, -0.25) is 0 Å². The lowest BCUT2D eigenvalue weighted by Crippen LogP contribution is -2.31. The van der Waals surface area contributed by atoms with Crippen molar-refractivity contribution in [3.05, 3.63) is 42.1 Å².